The molecule has 0 spiro atoms. The van der Waals surface area contributed by atoms with Gasteiger partial charge < -0.3 is 9.33 Å². The Hall–Kier alpha value is -1.38. The fourth-order valence-corrected chi connectivity index (χ4v) is 4.42. The highest BCUT2D eigenvalue weighted by atomic mass is 28.4. The zero-order valence-electron chi connectivity index (χ0n) is 16.0. The maximum absolute atomic E-state index is 8.91. The average molecular weight is 346 g/mol. The van der Waals surface area contributed by atoms with E-state index in [2.05, 4.69) is 56.9 Å². The van der Waals surface area contributed by atoms with Gasteiger partial charge in [0.25, 0.3) is 0 Å². The number of hydrogen-bond donors (Lipinski definition) is 0. The Morgan fingerprint density at radius 1 is 1.29 bits per heavy atom. The Morgan fingerprint density at radius 3 is 2.54 bits per heavy atom. The van der Waals surface area contributed by atoms with E-state index in [4.69, 9.17) is 9.69 Å². The van der Waals surface area contributed by atoms with Gasteiger partial charge in [0.2, 0.25) is 0 Å². The summed E-state index contributed by atoms with van der Waals surface area (Å²) in [5.74, 6) is 0.937. The van der Waals surface area contributed by atoms with Gasteiger partial charge in [-0.05, 0) is 55.9 Å². The fraction of sp³-hybridized carbons (Fsp3) is 0.684. The van der Waals surface area contributed by atoms with Crippen LogP contribution in [-0.2, 0) is 4.43 Å². The standard InChI is InChI=1S/C19H31N3OSi/c1-19(2,3)24(5,6)23-17-9-7-8-16(12-17)22(4)18-11-10-15(13-20)14-21-18/h10-11,14,16-17H,7-9,12H2,1-6H3. The summed E-state index contributed by atoms with van der Waals surface area (Å²) >= 11 is 0. The number of aromatic nitrogens is 1. The molecule has 1 aliphatic rings. The molecule has 1 aliphatic carbocycles. The lowest BCUT2D eigenvalue weighted by atomic mass is 9.92. The van der Waals surface area contributed by atoms with Crippen molar-refractivity contribution in [1.29, 1.82) is 5.26 Å². The van der Waals surface area contributed by atoms with Crippen molar-refractivity contribution in [3.63, 3.8) is 0 Å². The summed E-state index contributed by atoms with van der Waals surface area (Å²) in [7, 11) is 0.386. The van der Waals surface area contributed by atoms with E-state index in [1.165, 1.54) is 12.8 Å². The maximum Gasteiger partial charge on any atom is 0.192 e. The van der Waals surface area contributed by atoms with Crippen LogP contribution in [0.15, 0.2) is 18.3 Å². The fourth-order valence-electron chi connectivity index (χ4n) is 3.02. The van der Waals surface area contributed by atoms with Gasteiger partial charge >= 0.3 is 0 Å². The van der Waals surface area contributed by atoms with Crippen LogP contribution < -0.4 is 4.90 Å². The van der Waals surface area contributed by atoms with Crippen LogP contribution in [0, 0.1) is 11.3 Å². The van der Waals surface area contributed by atoms with E-state index in [1.54, 1.807) is 6.20 Å². The highest BCUT2D eigenvalue weighted by Crippen LogP contribution is 2.39. The average Bonchev–Trinajstić information content (AvgIpc) is 2.53. The van der Waals surface area contributed by atoms with E-state index in [1.807, 2.05) is 12.1 Å². The van der Waals surface area contributed by atoms with E-state index in [9.17, 15) is 0 Å². The normalized spacial score (nSPS) is 22.0. The lowest BCUT2D eigenvalue weighted by Gasteiger charge is -2.43. The number of anilines is 1. The molecule has 0 saturated heterocycles. The first-order valence-electron chi connectivity index (χ1n) is 8.91. The number of rotatable bonds is 4. The van der Waals surface area contributed by atoms with Gasteiger partial charge in [-0.3, -0.25) is 0 Å². The number of hydrogen-bond acceptors (Lipinski definition) is 4. The number of nitrogens with zero attached hydrogens (tertiary/aromatic N) is 3. The molecule has 2 rings (SSSR count). The van der Waals surface area contributed by atoms with Crippen LogP contribution in [0.1, 0.15) is 52.0 Å². The molecule has 2 unspecified atom stereocenters. The summed E-state index contributed by atoms with van der Waals surface area (Å²) in [6.45, 7) is 11.6. The van der Waals surface area contributed by atoms with Crippen molar-refractivity contribution in [3.05, 3.63) is 23.9 Å². The predicted molar refractivity (Wildman–Crippen MR) is 102 cm³/mol. The third kappa shape index (κ3) is 4.37. The molecule has 5 heteroatoms. The molecule has 132 valence electrons. The van der Waals surface area contributed by atoms with Crippen molar-refractivity contribution in [3.8, 4) is 6.07 Å². The summed E-state index contributed by atoms with van der Waals surface area (Å²) in [5, 5.41) is 9.16. The molecule has 4 nitrogen and oxygen atoms in total. The van der Waals surface area contributed by atoms with Crippen molar-refractivity contribution in [2.45, 2.75) is 76.7 Å². The van der Waals surface area contributed by atoms with Gasteiger partial charge in [0.1, 0.15) is 11.9 Å². The third-order valence-corrected chi connectivity index (χ3v) is 10.2. The van der Waals surface area contributed by atoms with Gasteiger partial charge in [-0.2, -0.15) is 5.26 Å². The third-order valence-electron chi connectivity index (χ3n) is 5.65. The quantitative estimate of drug-likeness (QED) is 0.741. The van der Waals surface area contributed by atoms with Crippen LogP contribution in [0.4, 0.5) is 5.82 Å². The van der Waals surface area contributed by atoms with Crippen molar-refractivity contribution in [2.24, 2.45) is 0 Å². The molecule has 24 heavy (non-hydrogen) atoms. The van der Waals surface area contributed by atoms with E-state index >= 15 is 0 Å². The van der Waals surface area contributed by atoms with Crippen molar-refractivity contribution in [2.75, 3.05) is 11.9 Å². The van der Waals surface area contributed by atoms with E-state index < -0.39 is 8.32 Å². The smallest absolute Gasteiger partial charge is 0.192 e. The summed E-state index contributed by atoms with van der Waals surface area (Å²) in [6, 6.07) is 6.36. The van der Waals surface area contributed by atoms with Gasteiger partial charge in [0.15, 0.2) is 8.32 Å². The molecular formula is C19H31N3OSi. The Bertz CT molecular complexity index is 586. The summed E-state index contributed by atoms with van der Waals surface area (Å²) < 4.78 is 6.64. The molecule has 0 amide bonds. The first-order chi connectivity index (χ1) is 11.1. The highest BCUT2D eigenvalue weighted by Gasteiger charge is 2.40. The SMILES string of the molecule is CN(c1ccc(C#N)cn1)C1CCCC(O[Si](C)(C)C(C)(C)C)C1. The molecule has 2 atom stereocenters. The van der Waals surface area contributed by atoms with Crippen LogP contribution in [0.2, 0.25) is 18.1 Å². The molecule has 1 fully saturated rings. The molecule has 1 heterocycles. The van der Waals surface area contributed by atoms with Crippen molar-refractivity contribution in [1.82, 2.24) is 4.98 Å². The molecule has 1 aromatic heterocycles. The van der Waals surface area contributed by atoms with Gasteiger partial charge in [-0.15, -0.1) is 0 Å². The molecular weight excluding hydrogens is 314 g/mol. The predicted octanol–water partition coefficient (Wildman–Crippen LogP) is 4.72. The highest BCUT2D eigenvalue weighted by molar-refractivity contribution is 6.74. The largest absolute Gasteiger partial charge is 0.414 e. The Morgan fingerprint density at radius 2 is 2.00 bits per heavy atom. The minimum Gasteiger partial charge on any atom is -0.414 e. The Kier molecular flexibility index (Phi) is 5.72. The monoisotopic (exact) mass is 345 g/mol. The van der Waals surface area contributed by atoms with Crippen LogP contribution in [0.5, 0.6) is 0 Å². The van der Waals surface area contributed by atoms with E-state index in [0.29, 0.717) is 17.7 Å². The maximum atomic E-state index is 8.91. The minimum atomic E-state index is -1.72. The zero-order chi connectivity index (χ0) is 18.0. The second-order valence-corrected chi connectivity index (χ2v) is 13.2. The zero-order valence-corrected chi connectivity index (χ0v) is 17.0. The minimum absolute atomic E-state index is 0.251. The van der Waals surface area contributed by atoms with E-state index in [-0.39, 0.29) is 5.04 Å². The van der Waals surface area contributed by atoms with E-state index in [0.717, 1.165) is 18.7 Å². The van der Waals surface area contributed by atoms with Crippen molar-refractivity contribution >= 4 is 14.1 Å². The summed E-state index contributed by atoms with van der Waals surface area (Å²) in [6.07, 6.45) is 6.60. The molecule has 0 aromatic carbocycles. The van der Waals surface area contributed by atoms with Gasteiger partial charge in [-0.25, -0.2) is 4.98 Å². The molecule has 0 bridgehead atoms. The van der Waals surface area contributed by atoms with Gasteiger partial charge in [0.05, 0.1) is 5.56 Å². The lowest BCUT2D eigenvalue weighted by molar-refractivity contribution is 0.127. The molecule has 0 aliphatic heterocycles. The number of pyridine rings is 1. The second kappa shape index (κ2) is 7.24. The van der Waals surface area contributed by atoms with Gasteiger partial charge in [0, 0.05) is 25.4 Å². The Balaban J connectivity index is 2.03. The lowest BCUT2D eigenvalue weighted by Crippen LogP contribution is -2.47. The molecule has 0 N–H and O–H groups in total. The first kappa shape index (κ1) is 18.9. The molecule has 1 aromatic rings. The van der Waals surface area contributed by atoms with Crippen molar-refractivity contribution < 1.29 is 4.43 Å². The second-order valence-electron chi connectivity index (χ2n) is 8.45. The Labute approximate surface area is 148 Å². The molecule has 0 radical (unpaired) electrons. The van der Waals surface area contributed by atoms with Gasteiger partial charge in [-0.1, -0.05) is 20.8 Å². The molecule has 1 saturated carbocycles. The van der Waals surface area contributed by atoms with Crippen LogP contribution >= 0.6 is 0 Å². The van der Waals surface area contributed by atoms with Crippen LogP contribution in [0.25, 0.3) is 0 Å². The summed E-state index contributed by atoms with van der Waals surface area (Å²) in [5.41, 5.74) is 0.606. The summed E-state index contributed by atoms with van der Waals surface area (Å²) in [4.78, 5) is 6.69. The van der Waals surface area contributed by atoms with Crippen LogP contribution in [0.3, 0.4) is 0 Å². The number of nitriles is 1. The first-order valence-corrected chi connectivity index (χ1v) is 11.8. The topological polar surface area (TPSA) is 49.2 Å². The van der Waals surface area contributed by atoms with Crippen LogP contribution in [-0.4, -0.2) is 32.5 Å².